The van der Waals surface area contributed by atoms with Crippen molar-refractivity contribution < 1.29 is 17.2 Å². The van der Waals surface area contributed by atoms with Gasteiger partial charge in [0.05, 0.1) is 4.90 Å². The standard InChI is InChI=1S/C9H11NO4S2/c11-15(12)8-3-1-2-4-9(8)16(13,14)10-7-5-6-7/h1-4,7,10H,5-6H2,(H,11,12). The van der Waals surface area contributed by atoms with E-state index in [-0.39, 0.29) is 15.8 Å². The van der Waals surface area contributed by atoms with Crippen LogP contribution in [-0.2, 0) is 21.1 Å². The lowest BCUT2D eigenvalue weighted by Crippen LogP contribution is -2.26. The van der Waals surface area contributed by atoms with Crippen LogP contribution in [0.4, 0.5) is 0 Å². The fourth-order valence-electron chi connectivity index (χ4n) is 1.30. The van der Waals surface area contributed by atoms with Crippen LogP contribution in [0.5, 0.6) is 0 Å². The quantitative estimate of drug-likeness (QED) is 0.782. The Bertz CT molecular complexity index is 522. The maximum Gasteiger partial charge on any atom is 0.242 e. The average Bonchev–Trinajstić information content (AvgIpc) is 3.01. The van der Waals surface area contributed by atoms with Crippen molar-refractivity contribution in [1.29, 1.82) is 0 Å². The highest BCUT2D eigenvalue weighted by Gasteiger charge is 2.29. The zero-order valence-electron chi connectivity index (χ0n) is 8.29. The van der Waals surface area contributed by atoms with Crippen LogP contribution in [0.25, 0.3) is 0 Å². The number of rotatable bonds is 4. The third-order valence-electron chi connectivity index (χ3n) is 2.23. The first-order valence-corrected chi connectivity index (χ1v) is 7.32. The maximum atomic E-state index is 11.9. The minimum Gasteiger partial charge on any atom is -0.302 e. The summed E-state index contributed by atoms with van der Waals surface area (Å²) >= 11 is -2.30. The van der Waals surface area contributed by atoms with E-state index in [0.29, 0.717) is 0 Å². The van der Waals surface area contributed by atoms with E-state index in [1.807, 2.05) is 0 Å². The highest BCUT2D eigenvalue weighted by Crippen LogP contribution is 2.24. The molecule has 7 heteroatoms. The third kappa shape index (κ3) is 2.49. The summed E-state index contributed by atoms with van der Waals surface area (Å²) in [6, 6.07) is 5.69. The Labute approximate surface area is 96.2 Å². The lowest BCUT2D eigenvalue weighted by molar-refractivity contribution is 0.555. The van der Waals surface area contributed by atoms with Crippen molar-refractivity contribution >= 4 is 21.1 Å². The van der Waals surface area contributed by atoms with E-state index in [2.05, 4.69) is 4.72 Å². The second-order valence-corrected chi connectivity index (χ2v) is 6.21. The zero-order valence-corrected chi connectivity index (χ0v) is 9.92. The average molecular weight is 261 g/mol. The molecule has 16 heavy (non-hydrogen) atoms. The Kier molecular flexibility index (Phi) is 3.11. The van der Waals surface area contributed by atoms with Gasteiger partial charge in [0.15, 0.2) is 11.1 Å². The van der Waals surface area contributed by atoms with Crippen molar-refractivity contribution in [1.82, 2.24) is 4.72 Å². The molecule has 2 N–H and O–H groups in total. The van der Waals surface area contributed by atoms with Crippen LogP contribution in [0.15, 0.2) is 34.1 Å². The Hall–Kier alpha value is -0.760. The fraction of sp³-hybridized carbons (Fsp3) is 0.333. The molecule has 1 saturated carbocycles. The largest absolute Gasteiger partial charge is 0.302 e. The molecule has 1 atom stereocenters. The number of hydrogen-bond acceptors (Lipinski definition) is 3. The van der Waals surface area contributed by atoms with Crippen LogP contribution in [0.1, 0.15) is 12.8 Å². The van der Waals surface area contributed by atoms with Crippen molar-refractivity contribution in [2.75, 3.05) is 0 Å². The number of nitrogens with one attached hydrogen (secondary N) is 1. The molecule has 0 spiro atoms. The van der Waals surface area contributed by atoms with Gasteiger partial charge in [0.2, 0.25) is 10.0 Å². The minimum absolute atomic E-state index is 0.0230. The van der Waals surface area contributed by atoms with Crippen molar-refractivity contribution in [3.63, 3.8) is 0 Å². The van der Waals surface area contributed by atoms with E-state index in [4.69, 9.17) is 4.55 Å². The van der Waals surface area contributed by atoms with Crippen molar-refractivity contribution in [3.05, 3.63) is 24.3 Å². The van der Waals surface area contributed by atoms with Gasteiger partial charge >= 0.3 is 0 Å². The van der Waals surface area contributed by atoms with Crippen LogP contribution >= 0.6 is 0 Å². The lowest BCUT2D eigenvalue weighted by Gasteiger charge is -2.08. The predicted molar refractivity (Wildman–Crippen MR) is 58.8 cm³/mol. The molecule has 0 heterocycles. The molecule has 0 bridgehead atoms. The second-order valence-electron chi connectivity index (χ2n) is 3.59. The molecule has 1 aromatic rings. The normalized spacial score (nSPS) is 18.3. The predicted octanol–water partition coefficient (Wildman–Crippen LogP) is 0.708. The number of benzene rings is 1. The molecule has 2 rings (SSSR count). The Morgan fingerprint density at radius 1 is 1.31 bits per heavy atom. The number of hydrogen-bond donors (Lipinski definition) is 2. The van der Waals surface area contributed by atoms with Gasteiger partial charge in [0, 0.05) is 6.04 Å². The minimum atomic E-state index is -3.68. The highest BCUT2D eigenvalue weighted by atomic mass is 32.2. The Morgan fingerprint density at radius 3 is 2.50 bits per heavy atom. The molecular weight excluding hydrogens is 250 g/mol. The van der Waals surface area contributed by atoms with Crippen molar-refractivity contribution in [2.24, 2.45) is 0 Å². The van der Waals surface area contributed by atoms with Gasteiger partial charge in [0.25, 0.3) is 0 Å². The van der Waals surface area contributed by atoms with E-state index in [1.165, 1.54) is 24.3 Å². The first-order chi connectivity index (χ1) is 7.50. The van der Waals surface area contributed by atoms with Crippen LogP contribution in [0.2, 0.25) is 0 Å². The summed E-state index contributed by atoms with van der Waals surface area (Å²) < 4.78 is 46.2. The molecule has 0 saturated heterocycles. The topological polar surface area (TPSA) is 83.5 Å². The first kappa shape index (κ1) is 11.7. The van der Waals surface area contributed by atoms with E-state index in [9.17, 15) is 12.6 Å². The first-order valence-electron chi connectivity index (χ1n) is 4.73. The number of sulfonamides is 1. The van der Waals surface area contributed by atoms with Gasteiger partial charge in [-0.15, -0.1) is 0 Å². The Morgan fingerprint density at radius 2 is 1.94 bits per heavy atom. The highest BCUT2D eigenvalue weighted by molar-refractivity contribution is 7.90. The van der Waals surface area contributed by atoms with E-state index in [1.54, 1.807) is 0 Å². The van der Waals surface area contributed by atoms with E-state index in [0.717, 1.165) is 12.8 Å². The van der Waals surface area contributed by atoms with Crippen LogP contribution < -0.4 is 4.72 Å². The van der Waals surface area contributed by atoms with E-state index >= 15 is 0 Å². The van der Waals surface area contributed by atoms with Gasteiger partial charge < -0.3 is 4.55 Å². The zero-order chi connectivity index (χ0) is 11.8. The summed E-state index contributed by atoms with van der Waals surface area (Å²) in [5.41, 5.74) is 0. The van der Waals surface area contributed by atoms with Gasteiger partial charge in [-0.3, -0.25) is 0 Å². The second kappa shape index (κ2) is 4.25. The monoisotopic (exact) mass is 261 g/mol. The molecule has 0 amide bonds. The molecule has 1 fully saturated rings. The lowest BCUT2D eigenvalue weighted by atomic mass is 10.4. The smallest absolute Gasteiger partial charge is 0.242 e. The van der Waals surface area contributed by atoms with Crippen LogP contribution in [0.3, 0.4) is 0 Å². The molecular formula is C9H11NO4S2. The summed E-state index contributed by atoms with van der Waals surface area (Å²) in [7, 11) is -3.68. The molecule has 0 radical (unpaired) electrons. The molecule has 0 aromatic heterocycles. The molecule has 0 aliphatic heterocycles. The summed E-state index contributed by atoms with van der Waals surface area (Å²) in [6.07, 6.45) is 1.65. The molecule has 1 aromatic carbocycles. The molecule has 5 nitrogen and oxygen atoms in total. The van der Waals surface area contributed by atoms with Gasteiger partial charge in [-0.25, -0.2) is 17.3 Å². The molecule has 88 valence electrons. The SMILES string of the molecule is O=S(O)c1ccccc1S(=O)(=O)NC1CC1. The maximum absolute atomic E-state index is 11.9. The fourth-order valence-corrected chi connectivity index (χ4v) is 3.67. The summed E-state index contributed by atoms with van der Waals surface area (Å²) in [5.74, 6) is 0. The van der Waals surface area contributed by atoms with Gasteiger partial charge in [-0.2, -0.15) is 0 Å². The summed E-state index contributed by atoms with van der Waals surface area (Å²) in [5, 5.41) is 0. The van der Waals surface area contributed by atoms with Gasteiger partial charge in [-0.1, -0.05) is 12.1 Å². The third-order valence-corrected chi connectivity index (χ3v) is 4.67. The van der Waals surface area contributed by atoms with Crippen LogP contribution in [0, 0.1) is 0 Å². The van der Waals surface area contributed by atoms with Crippen molar-refractivity contribution in [2.45, 2.75) is 28.7 Å². The summed E-state index contributed by atoms with van der Waals surface area (Å²) in [4.78, 5) is -0.210. The van der Waals surface area contributed by atoms with Crippen molar-refractivity contribution in [3.8, 4) is 0 Å². The van der Waals surface area contributed by atoms with Gasteiger partial charge in [-0.05, 0) is 25.0 Å². The summed E-state index contributed by atoms with van der Waals surface area (Å²) in [6.45, 7) is 0. The molecule has 1 unspecified atom stereocenters. The Balaban J connectivity index is 2.41. The van der Waals surface area contributed by atoms with Gasteiger partial charge in [0.1, 0.15) is 4.90 Å². The van der Waals surface area contributed by atoms with E-state index < -0.39 is 21.1 Å². The molecule has 1 aliphatic carbocycles. The van der Waals surface area contributed by atoms with Crippen LogP contribution in [-0.4, -0.2) is 23.2 Å². The molecule has 1 aliphatic rings.